The van der Waals surface area contributed by atoms with Gasteiger partial charge in [-0.3, -0.25) is 10.0 Å². The molecule has 1 amide bonds. The summed E-state index contributed by atoms with van der Waals surface area (Å²) in [6.45, 7) is 3.27. The van der Waals surface area contributed by atoms with Gasteiger partial charge in [-0.25, -0.2) is 17.8 Å². The highest BCUT2D eigenvalue weighted by Gasteiger charge is 2.33. The van der Waals surface area contributed by atoms with E-state index in [2.05, 4.69) is 0 Å². The van der Waals surface area contributed by atoms with Crippen molar-refractivity contribution in [1.29, 1.82) is 0 Å². The SMILES string of the molecule is Cc1ccccc1COC1CCN(S(=O)(=O)CC(c2ccccc2)N(O)C=O)CC1. The van der Waals surface area contributed by atoms with Gasteiger partial charge in [0.05, 0.1) is 24.5 Å². The highest BCUT2D eigenvalue weighted by molar-refractivity contribution is 7.89. The zero-order chi connectivity index (χ0) is 21.6. The molecule has 0 radical (unpaired) electrons. The number of rotatable bonds is 9. The third-order valence-electron chi connectivity index (χ3n) is 5.51. The fourth-order valence-electron chi connectivity index (χ4n) is 3.64. The normalized spacial score (nSPS) is 16.9. The first kappa shape index (κ1) is 22.4. The summed E-state index contributed by atoms with van der Waals surface area (Å²) < 4.78 is 33.3. The molecule has 0 spiro atoms. The van der Waals surface area contributed by atoms with Gasteiger partial charge in [-0.1, -0.05) is 54.6 Å². The monoisotopic (exact) mass is 432 g/mol. The Morgan fingerprint density at radius 3 is 2.40 bits per heavy atom. The Hall–Kier alpha value is -2.26. The summed E-state index contributed by atoms with van der Waals surface area (Å²) >= 11 is 0. The lowest BCUT2D eigenvalue weighted by molar-refractivity contribution is -0.159. The number of amides is 1. The van der Waals surface area contributed by atoms with Gasteiger partial charge in [0.15, 0.2) is 0 Å². The van der Waals surface area contributed by atoms with E-state index in [9.17, 15) is 18.4 Å². The second kappa shape index (κ2) is 10.2. The van der Waals surface area contributed by atoms with E-state index >= 15 is 0 Å². The summed E-state index contributed by atoms with van der Waals surface area (Å²) in [6.07, 6.45) is 1.46. The maximum absolute atomic E-state index is 13.0. The quantitative estimate of drug-likeness (QED) is 0.374. The second-order valence-electron chi connectivity index (χ2n) is 7.53. The first-order valence-corrected chi connectivity index (χ1v) is 11.6. The van der Waals surface area contributed by atoms with Gasteiger partial charge in [0.25, 0.3) is 0 Å². The van der Waals surface area contributed by atoms with E-state index < -0.39 is 16.1 Å². The lowest BCUT2D eigenvalue weighted by Crippen LogP contribution is -2.44. The van der Waals surface area contributed by atoms with Crippen molar-refractivity contribution in [2.24, 2.45) is 0 Å². The molecule has 0 aliphatic carbocycles. The van der Waals surface area contributed by atoms with Gasteiger partial charge < -0.3 is 4.74 Å². The molecule has 1 aliphatic rings. The van der Waals surface area contributed by atoms with Crippen molar-refractivity contribution in [2.45, 2.75) is 38.5 Å². The van der Waals surface area contributed by atoms with E-state index in [1.807, 2.05) is 31.2 Å². The third kappa shape index (κ3) is 5.66. The maximum atomic E-state index is 13.0. The van der Waals surface area contributed by atoms with Crippen LogP contribution in [0.4, 0.5) is 0 Å². The molecule has 1 N–H and O–H groups in total. The smallest absolute Gasteiger partial charge is 0.233 e. The molecule has 1 heterocycles. The van der Waals surface area contributed by atoms with Crippen LogP contribution in [0.1, 0.15) is 35.6 Å². The van der Waals surface area contributed by atoms with Crippen LogP contribution in [0.5, 0.6) is 0 Å². The van der Waals surface area contributed by atoms with Crippen molar-refractivity contribution in [2.75, 3.05) is 18.8 Å². The molecule has 2 aromatic carbocycles. The van der Waals surface area contributed by atoms with E-state index in [-0.39, 0.29) is 18.3 Å². The van der Waals surface area contributed by atoms with Crippen molar-refractivity contribution >= 4 is 16.4 Å². The summed E-state index contributed by atoms with van der Waals surface area (Å²) in [5.74, 6) is -0.374. The van der Waals surface area contributed by atoms with E-state index in [4.69, 9.17) is 4.74 Å². The van der Waals surface area contributed by atoms with Gasteiger partial charge in [-0.15, -0.1) is 0 Å². The Kier molecular flexibility index (Phi) is 7.60. The molecule has 1 unspecified atom stereocenters. The van der Waals surface area contributed by atoms with Crippen LogP contribution in [-0.4, -0.2) is 54.3 Å². The van der Waals surface area contributed by atoms with Gasteiger partial charge >= 0.3 is 0 Å². The highest BCUT2D eigenvalue weighted by Crippen LogP contribution is 2.25. The lowest BCUT2D eigenvalue weighted by Gasteiger charge is -2.33. The van der Waals surface area contributed by atoms with Crippen LogP contribution in [0, 0.1) is 6.92 Å². The van der Waals surface area contributed by atoms with Crippen LogP contribution < -0.4 is 0 Å². The van der Waals surface area contributed by atoms with Crippen molar-refractivity contribution in [3.8, 4) is 0 Å². The first-order valence-electron chi connectivity index (χ1n) is 10.0. The molecule has 2 aromatic rings. The Morgan fingerprint density at radius 2 is 1.77 bits per heavy atom. The largest absolute Gasteiger partial charge is 0.373 e. The van der Waals surface area contributed by atoms with Crippen molar-refractivity contribution < 1.29 is 23.2 Å². The van der Waals surface area contributed by atoms with Crippen LogP contribution >= 0.6 is 0 Å². The molecule has 1 atom stereocenters. The Balaban J connectivity index is 1.58. The van der Waals surface area contributed by atoms with E-state index in [1.165, 1.54) is 9.87 Å². The van der Waals surface area contributed by atoms with Crippen LogP contribution in [0.15, 0.2) is 54.6 Å². The lowest BCUT2D eigenvalue weighted by atomic mass is 10.1. The fourth-order valence-corrected chi connectivity index (χ4v) is 5.36. The Bertz CT molecular complexity index is 928. The Morgan fingerprint density at radius 1 is 1.13 bits per heavy atom. The van der Waals surface area contributed by atoms with Crippen LogP contribution in [-0.2, 0) is 26.2 Å². The van der Waals surface area contributed by atoms with Gasteiger partial charge in [-0.05, 0) is 36.5 Å². The topological polar surface area (TPSA) is 87.2 Å². The fraction of sp³-hybridized carbons (Fsp3) is 0.409. The summed E-state index contributed by atoms with van der Waals surface area (Å²) in [5, 5.41) is 10.4. The number of hydrogen-bond donors (Lipinski definition) is 1. The number of hydroxylamine groups is 2. The molecule has 0 saturated carbocycles. The highest BCUT2D eigenvalue weighted by atomic mass is 32.2. The molecular formula is C22H28N2O5S. The minimum atomic E-state index is -3.67. The van der Waals surface area contributed by atoms with Gasteiger partial charge in [-0.2, -0.15) is 0 Å². The second-order valence-corrected chi connectivity index (χ2v) is 9.54. The average molecular weight is 433 g/mol. The number of nitrogens with zero attached hydrogens (tertiary/aromatic N) is 2. The molecule has 30 heavy (non-hydrogen) atoms. The van der Waals surface area contributed by atoms with Gasteiger partial charge in [0.1, 0.15) is 0 Å². The molecule has 0 aromatic heterocycles. The molecule has 1 aliphatic heterocycles. The summed E-state index contributed by atoms with van der Waals surface area (Å²) in [7, 11) is -3.67. The number of hydrogen-bond acceptors (Lipinski definition) is 5. The van der Waals surface area contributed by atoms with E-state index in [1.54, 1.807) is 30.3 Å². The van der Waals surface area contributed by atoms with Crippen LogP contribution in [0.3, 0.4) is 0 Å². The molecule has 1 fully saturated rings. The van der Waals surface area contributed by atoms with Gasteiger partial charge in [0.2, 0.25) is 16.4 Å². The van der Waals surface area contributed by atoms with Crippen molar-refractivity contribution in [3.63, 3.8) is 0 Å². The Labute approximate surface area is 177 Å². The molecule has 0 bridgehead atoms. The molecule has 8 heteroatoms. The summed E-state index contributed by atoms with van der Waals surface area (Å²) in [5.41, 5.74) is 2.87. The minimum absolute atomic E-state index is 0.00490. The number of carbonyl (C=O) groups is 1. The molecule has 1 saturated heterocycles. The molecule has 3 rings (SSSR count). The molecule has 7 nitrogen and oxygen atoms in total. The van der Waals surface area contributed by atoms with E-state index in [0.717, 1.165) is 5.56 Å². The van der Waals surface area contributed by atoms with Crippen LogP contribution in [0.25, 0.3) is 0 Å². The number of carbonyl (C=O) groups excluding carboxylic acids is 1. The maximum Gasteiger partial charge on any atom is 0.233 e. The third-order valence-corrected chi connectivity index (χ3v) is 7.40. The molecule has 162 valence electrons. The van der Waals surface area contributed by atoms with Gasteiger partial charge in [0, 0.05) is 13.1 Å². The number of piperidine rings is 1. The number of ether oxygens (including phenoxy) is 1. The van der Waals surface area contributed by atoms with Crippen molar-refractivity contribution in [3.05, 3.63) is 71.3 Å². The standard InChI is InChI=1S/C22H28N2O5S/c1-18-7-5-6-10-20(18)15-29-21-11-13-23(14-12-21)30(27,28)16-22(24(26)17-25)19-8-3-2-4-9-19/h2-10,17,21-22,26H,11-16H2,1H3. The average Bonchev–Trinajstić information content (AvgIpc) is 2.77. The summed E-state index contributed by atoms with van der Waals surface area (Å²) in [6, 6.07) is 15.7. The van der Waals surface area contributed by atoms with Crippen molar-refractivity contribution in [1.82, 2.24) is 9.37 Å². The van der Waals surface area contributed by atoms with Crippen LogP contribution in [0.2, 0.25) is 0 Å². The number of benzene rings is 2. The predicted octanol–water partition coefficient (Wildman–Crippen LogP) is 2.89. The molecular weight excluding hydrogens is 404 g/mol. The summed E-state index contributed by atoms with van der Waals surface area (Å²) in [4.78, 5) is 11.1. The zero-order valence-electron chi connectivity index (χ0n) is 17.1. The number of aryl methyl sites for hydroxylation is 1. The van der Waals surface area contributed by atoms with E-state index in [0.29, 0.717) is 43.2 Å². The number of sulfonamides is 1. The zero-order valence-corrected chi connectivity index (χ0v) is 17.9. The predicted molar refractivity (Wildman–Crippen MR) is 113 cm³/mol. The first-order chi connectivity index (χ1) is 14.4. The minimum Gasteiger partial charge on any atom is -0.373 e.